The molecule has 0 aliphatic carbocycles. The van der Waals surface area contributed by atoms with Gasteiger partial charge in [0.2, 0.25) is 0 Å². The average molecular weight is 508 g/mol. The standard InChI is InChI=1S/C16H14F6O6S2Si/c1-11-3-7-13(8-4-11)31(14-9-5-12(2)6-10-14,27-29(23,24)15(17,18)19)28-30(25,26)16(20,21)22/h3-10H,1-2H3. The molecule has 0 N–H and O–H groups in total. The molecule has 0 heterocycles. The van der Waals surface area contributed by atoms with Crippen molar-refractivity contribution in [3.63, 3.8) is 0 Å². The van der Waals surface area contributed by atoms with E-state index in [2.05, 4.69) is 7.74 Å². The fraction of sp³-hybridized carbons (Fsp3) is 0.250. The van der Waals surface area contributed by atoms with Crippen molar-refractivity contribution in [2.24, 2.45) is 0 Å². The molecule has 0 saturated carbocycles. The Bertz CT molecular complexity index is 1050. The van der Waals surface area contributed by atoms with Crippen molar-refractivity contribution in [1.82, 2.24) is 0 Å². The van der Waals surface area contributed by atoms with E-state index in [-0.39, 0.29) is 0 Å². The summed E-state index contributed by atoms with van der Waals surface area (Å²) in [6.45, 7) is 3.05. The minimum absolute atomic E-state index is 0.493. The third-order valence-electron chi connectivity index (χ3n) is 3.88. The van der Waals surface area contributed by atoms with Crippen molar-refractivity contribution in [1.29, 1.82) is 0 Å². The fourth-order valence-corrected chi connectivity index (χ4v) is 9.00. The van der Waals surface area contributed by atoms with Crippen LogP contribution in [-0.4, -0.2) is 36.4 Å². The van der Waals surface area contributed by atoms with Gasteiger partial charge < -0.3 is 0 Å². The molecular formula is C16H14F6O6S2Si. The third-order valence-corrected chi connectivity index (χ3v) is 10.8. The second-order valence-electron chi connectivity index (χ2n) is 6.32. The van der Waals surface area contributed by atoms with E-state index in [9.17, 15) is 43.2 Å². The highest BCUT2D eigenvalue weighted by Gasteiger charge is 2.61. The van der Waals surface area contributed by atoms with Crippen LogP contribution in [0.3, 0.4) is 0 Å². The van der Waals surface area contributed by atoms with E-state index in [1.165, 1.54) is 38.1 Å². The Kier molecular flexibility index (Phi) is 6.69. The lowest BCUT2D eigenvalue weighted by Crippen LogP contribution is -2.66. The van der Waals surface area contributed by atoms with Gasteiger partial charge in [0.15, 0.2) is 0 Å². The molecule has 0 aliphatic rings. The summed E-state index contributed by atoms with van der Waals surface area (Å²) in [7, 11) is -18.9. The Morgan fingerprint density at radius 1 is 0.613 bits per heavy atom. The molecule has 0 fully saturated rings. The van der Waals surface area contributed by atoms with Gasteiger partial charge in [0, 0.05) is 10.4 Å². The van der Waals surface area contributed by atoms with E-state index >= 15 is 0 Å². The molecule has 6 nitrogen and oxygen atoms in total. The van der Waals surface area contributed by atoms with Crippen LogP contribution in [0.2, 0.25) is 0 Å². The van der Waals surface area contributed by atoms with Gasteiger partial charge in [-0.3, -0.25) is 7.74 Å². The van der Waals surface area contributed by atoms with Gasteiger partial charge in [-0.1, -0.05) is 59.7 Å². The molecule has 0 aromatic heterocycles. The fourth-order valence-electron chi connectivity index (χ4n) is 2.32. The molecule has 0 saturated heterocycles. The van der Waals surface area contributed by atoms with Crippen LogP contribution in [0.5, 0.6) is 0 Å². The van der Waals surface area contributed by atoms with Crippen molar-refractivity contribution in [2.45, 2.75) is 24.9 Å². The second-order valence-corrected chi connectivity index (χ2v) is 12.8. The monoisotopic (exact) mass is 508 g/mol. The van der Waals surface area contributed by atoms with Crippen LogP contribution in [-0.2, 0) is 28.0 Å². The molecule has 172 valence electrons. The molecule has 2 aromatic rings. The van der Waals surface area contributed by atoms with Crippen molar-refractivity contribution >= 4 is 39.2 Å². The number of rotatable bonds is 6. The lowest BCUT2D eigenvalue weighted by Gasteiger charge is -2.30. The van der Waals surface area contributed by atoms with Gasteiger partial charge in [0.05, 0.1) is 0 Å². The Morgan fingerprint density at radius 2 is 0.871 bits per heavy atom. The zero-order chi connectivity index (χ0) is 23.9. The highest BCUT2D eigenvalue weighted by Crippen LogP contribution is 2.32. The molecule has 2 aromatic carbocycles. The summed E-state index contributed by atoms with van der Waals surface area (Å²) in [5.74, 6) is 0. The summed E-state index contributed by atoms with van der Waals surface area (Å²) >= 11 is 0. The lowest BCUT2D eigenvalue weighted by atomic mass is 10.2. The molecule has 0 bridgehead atoms. The molecule has 31 heavy (non-hydrogen) atoms. The SMILES string of the molecule is Cc1ccc([Si](OS(=O)(=O)C(F)(F)F)(OS(=O)(=O)C(F)(F)F)c2ccc(C)cc2)cc1. The number of hydrogen-bond acceptors (Lipinski definition) is 6. The van der Waals surface area contributed by atoms with E-state index in [4.69, 9.17) is 0 Å². The summed E-state index contributed by atoms with van der Waals surface area (Å²) in [6.07, 6.45) is 0. The van der Waals surface area contributed by atoms with Gasteiger partial charge >= 0.3 is 39.8 Å². The third kappa shape index (κ3) is 5.28. The van der Waals surface area contributed by atoms with Gasteiger partial charge in [-0.2, -0.15) is 43.2 Å². The summed E-state index contributed by atoms with van der Waals surface area (Å²) in [5, 5.41) is -1.22. The van der Waals surface area contributed by atoms with E-state index in [0.717, 1.165) is 24.3 Å². The zero-order valence-electron chi connectivity index (χ0n) is 15.7. The number of halogens is 6. The van der Waals surface area contributed by atoms with Gasteiger partial charge in [-0.15, -0.1) is 0 Å². The average Bonchev–Trinajstić information content (AvgIpc) is 2.59. The minimum Gasteiger partial charge on any atom is -0.267 e. The summed E-state index contributed by atoms with van der Waals surface area (Å²) in [5.41, 5.74) is -11.1. The first-order valence-corrected chi connectivity index (χ1v) is 12.7. The molecule has 15 heteroatoms. The van der Waals surface area contributed by atoms with Crippen LogP contribution in [0.25, 0.3) is 0 Å². The van der Waals surface area contributed by atoms with Crippen LogP contribution < -0.4 is 10.4 Å². The maximum absolute atomic E-state index is 13.1. The van der Waals surface area contributed by atoms with Crippen LogP contribution >= 0.6 is 0 Å². The van der Waals surface area contributed by atoms with Gasteiger partial charge in [-0.25, -0.2) is 0 Å². The topological polar surface area (TPSA) is 86.7 Å². The smallest absolute Gasteiger partial charge is 0.267 e. The quantitative estimate of drug-likeness (QED) is 0.339. The Hall–Kier alpha value is -1.94. The van der Waals surface area contributed by atoms with E-state index in [1.807, 2.05) is 0 Å². The normalized spacial score (nSPS) is 13.9. The molecular weight excluding hydrogens is 494 g/mol. The van der Waals surface area contributed by atoms with Gasteiger partial charge in [0.25, 0.3) is 0 Å². The minimum atomic E-state index is -6.58. The number of alkyl halides is 6. The number of hydrogen-bond donors (Lipinski definition) is 0. The molecule has 0 spiro atoms. The molecule has 0 radical (unpaired) electrons. The van der Waals surface area contributed by atoms with Crippen LogP contribution in [0.15, 0.2) is 48.5 Å². The molecule has 0 atom stereocenters. The van der Waals surface area contributed by atoms with Crippen molar-refractivity contribution in [3.8, 4) is 0 Å². The highest BCUT2D eigenvalue weighted by atomic mass is 32.2. The highest BCUT2D eigenvalue weighted by molar-refractivity contribution is 7.90. The predicted molar refractivity (Wildman–Crippen MR) is 99.5 cm³/mol. The summed E-state index contributed by atoms with van der Waals surface area (Å²) < 4.78 is 134. The van der Waals surface area contributed by atoms with E-state index in [0.29, 0.717) is 11.1 Å². The maximum atomic E-state index is 13.1. The van der Waals surface area contributed by atoms with E-state index < -0.39 is 50.2 Å². The van der Waals surface area contributed by atoms with Crippen LogP contribution in [0.4, 0.5) is 26.3 Å². The van der Waals surface area contributed by atoms with Crippen molar-refractivity contribution in [2.75, 3.05) is 0 Å². The first-order chi connectivity index (χ1) is 13.9. The maximum Gasteiger partial charge on any atom is 0.522 e. The van der Waals surface area contributed by atoms with Crippen LogP contribution in [0.1, 0.15) is 11.1 Å². The number of aryl methyl sites for hydroxylation is 2. The molecule has 0 aliphatic heterocycles. The Balaban J connectivity index is 2.92. The Labute approximate surface area is 174 Å². The van der Waals surface area contributed by atoms with Crippen molar-refractivity contribution in [3.05, 3.63) is 59.7 Å². The number of benzene rings is 2. The summed E-state index contributed by atoms with van der Waals surface area (Å²) in [4.78, 5) is 0. The van der Waals surface area contributed by atoms with E-state index in [1.54, 1.807) is 0 Å². The molecule has 0 unspecified atom stereocenters. The largest absolute Gasteiger partial charge is 0.522 e. The molecule has 2 rings (SSSR count). The molecule has 0 amide bonds. The second kappa shape index (κ2) is 8.20. The van der Waals surface area contributed by atoms with Crippen molar-refractivity contribution < 1.29 is 50.9 Å². The van der Waals surface area contributed by atoms with Gasteiger partial charge in [0.1, 0.15) is 0 Å². The Morgan fingerprint density at radius 3 is 1.10 bits per heavy atom. The summed E-state index contributed by atoms with van der Waals surface area (Å²) in [6, 6.07) is 8.66. The predicted octanol–water partition coefficient (Wildman–Crippen LogP) is 2.59. The first-order valence-electron chi connectivity index (χ1n) is 8.09. The zero-order valence-corrected chi connectivity index (χ0v) is 18.3. The first kappa shape index (κ1) is 25.3. The lowest BCUT2D eigenvalue weighted by molar-refractivity contribution is -0.0527. The van der Waals surface area contributed by atoms with Gasteiger partial charge in [-0.05, 0) is 13.8 Å². The van der Waals surface area contributed by atoms with Crippen LogP contribution in [0, 0.1) is 13.8 Å².